The molecule has 106 valence electrons. The van der Waals surface area contributed by atoms with E-state index in [1.165, 1.54) is 0 Å². The van der Waals surface area contributed by atoms with Gasteiger partial charge in [-0.3, -0.25) is 9.59 Å². The number of hydrogen-bond acceptors (Lipinski definition) is 3. The van der Waals surface area contributed by atoms with Crippen LogP contribution in [-0.4, -0.2) is 29.1 Å². The molecule has 3 rings (SSSR count). The van der Waals surface area contributed by atoms with E-state index in [2.05, 4.69) is 5.32 Å². The van der Waals surface area contributed by atoms with Crippen molar-refractivity contribution < 1.29 is 19.4 Å². The number of carbonyl (C=O) groups excluding carboxylic acids is 1. The highest BCUT2D eigenvalue weighted by atomic mass is 16.5. The summed E-state index contributed by atoms with van der Waals surface area (Å²) in [5.74, 6) is -0.0372. The van der Waals surface area contributed by atoms with Gasteiger partial charge in [-0.05, 0) is 30.4 Å². The summed E-state index contributed by atoms with van der Waals surface area (Å²) in [5.41, 5.74) is 1.02. The molecule has 1 fully saturated rings. The Morgan fingerprint density at radius 1 is 1.35 bits per heavy atom. The van der Waals surface area contributed by atoms with Crippen LogP contribution in [-0.2, 0) is 16.0 Å². The Bertz CT molecular complexity index is 513. The first-order valence-corrected chi connectivity index (χ1v) is 6.90. The van der Waals surface area contributed by atoms with Crippen LogP contribution in [0.3, 0.4) is 0 Å². The average Bonchev–Trinajstić information content (AvgIpc) is 3.16. The normalized spacial score (nSPS) is 21.7. The zero-order chi connectivity index (χ0) is 14.1. The third kappa shape index (κ3) is 2.76. The largest absolute Gasteiger partial charge is 0.481 e. The third-order valence-electron chi connectivity index (χ3n) is 3.85. The number of amides is 1. The molecule has 1 heterocycles. The summed E-state index contributed by atoms with van der Waals surface area (Å²) in [5, 5.41) is 11.7. The van der Waals surface area contributed by atoms with Gasteiger partial charge in [0, 0.05) is 12.5 Å². The number of benzene rings is 1. The van der Waals surface area contributed by atoms with E-state index >= 15 is 0 Å². The summed E-state index contributed by atoms with van der Waals surface area (Å²) in [6.45, 7) is 0. The first-order chi connectivity index (χ1) is 9.63. The van der Waals surface area contributed by atoms with Crippen molar-refractivity contribution in [3.63, 3.8) is 0 Å². The summed E-state index contributed by atoms with van der Waals surface area (Å²) in [6, 6.07) is 7.31. The fraction of sp³-hybridized carbons (Fsp3) is 0.467. The molecule has 1 aliphatic heterocycles. The van der Waals surface area contributed by atoms with Crippen molar-refractivity contribution in [1.29, 1.82) is 0 Å². The zero-order valence-corrected chi connectivity index (χ0v) is 11.0. The number of para-hydroxylation sites is 1. The molecule has 1 saturated carbocycles. The van der Waals surface area contributed by atoms with Crippen molar-refractivity contribution in [2.45, 2.75) is 37.8 Å². The van der Waals surface area contributed by atoms with E-state index < -0.39 is 12.1 Å². The van der Waals surface area contributed by atoms with Crippen LogP contribution in [0.1, 0.15) is 24.8 Å². The molecule has 0 bridgehead atoms. The molecule has 0 aromatic heterocycles. The van der Waals surface area contributed by atoms with Gasteiger partial charge in [0.05, 0.1) is 6.42 Å². The summed E-state index contributed by atoms with van der Waals surface area (Å²) < 4.78 is 5.62. The Morgan fingerprint density at radius 2 is 2.10 bits per heavy atom. The lowest BCUT2D eigenvalue weighted by molar-refractivity contribution is -0.138. The highest BCUT2D eigenvalue weighted by molar-refractivity contribution is 5.83. The van der Waals surface area contributed by atoms with E-state index in [0.29, 0.717) is 12.3 Å². The fourth-order valence-electron chi connectivity index (χ4n) is 2.63. The fourth-order valence-corrected chi connectivity index (χ4v) is 2.63. The number of rotatable bonds is 5. The van der Waals surface area contributed by atoms with E-state index in [9.17, 15) is 9.59 Å². The number of fused-ring (bicyclic) bond motifs is 1. The van der Waals surface area contributed by atoms with Gasteiger partial charge in [0.2, 0.25) is 0 Å². The van der Waals surface area contributed by atoms with E-state index in [1.54, 1.807) is 0 Å². The van der Waals surface area contributed by atoms with Crippen molar-refractivity contribution >= 4 is 11.9 Å². The second-order valence-corrected chi connectivity index (χ2v) is 5.47. The highest BCUT2D eigenvalue weighted by Gasteiger charge is 2.36. The minimum Gasteiger partial charge on any atom is -0.481 e. The van der Waals surface area contributed by atoms with Gasteiger partial charge in [-0.1, -0.05) is 18.2 Å². The standard InChI is InChI=1S/C15H17NO4/c17-14(18)8-11(9-5-6-9)16-15(19)13-7-10-3-1-2-4-12(10)20-13/h1-4,9,11,13H,5-8H2,(H,16,19)(H,17,18). The predicted molar refractivity (Wildman–Crippen MR) is 71.5 cm³/mol. The number of ether oxygens (including phenoxy) is 1. The molecule has 2 unspecified atom stereocenters. The number of carboxylic acids is 1. The van der Waals surface area contributed by atoms with Gasteiger partial charge in [-0.15, -0.1) is 0 Å². The second-order valence-electron chi connectivity index (χ2n) is 5.47. The van der Waals surface area contributed by atoms with Gasteiger partial charge < -0.3 is 15.2 Å². The van der Waals surface area contributed by atoms with Gasteiger partial charge in [-0.2, -0.15) is 0 Å². The van der Waals surface area contributed by atoms with E-state index in [4.69, 9.17) is 9.84 Å². The first-order valence-electron chi connectivity index (χ1n) is 6.90. The van der Waals surface area contributed by atoms with Crippen molar-refractivity contribution in [1.82, 2.24) is 5.32 Å². The van der Waals surface area contributed by atoms with Crippen LogP contribution < -0.4 is 10.1 Å². The molecule has 0 spiro atoms. The van der Waals surface area contributed by atoms with Gasteiger partial charge in [0.1, 0.15) is 5.75 Å². The molecule has 1 aromatic rings. The van der Waals surface area contributed by atoms with Crippen LogP contribution in [0.5, 0.6) is 5.75 Å². The smallest absolute Gasteiger partial charge is 0.305 e. The average molecular weight is 275 g/mol. The molecule has 0 saturated heterocycles. The molecule has 20 heavy (non-hydrogen) atoms. The third-order valence-corrected chi connectivity index (χ3v) is 3.85. The summed E-state index contributed by atoms with van der Waals surface area (Å²) in [4.78, 5) is 23.0. The maximum Gasteiger partial charge on any atom is 0.305 e. The number of carbonyl (C=O) groups is 2. The molecule has 0 radical (unpaired) electrons. The van der Waals surface area contributed by atoms with E-state index in [-0.39, 0.29) is 18.4 Å². The maximum absolute atomic E-state index is 12.2. The molecule has 2 N–H and O–H groups in total. The van der Waals surface area contributed by atoms with Crippen molar-refractivity contribution in [2.24, 2.45) is 5.92 Å². The van der Waals surface area contributed by atoms with Crippen LogP contribution in [0.2, 0.25) is 0 Å². The lowest BCUT2D eigenvalue weighted by Gasteiger charge is -2.18. The highest BCUT2D eigenvalue weighted by Crippen LogP contribution is 2.34. The minimum absolute atomic E-state index is 0.0178. The van der Waals surface area contributed by atoms with Crippen LogP contribution in [0.15, 0.2) is 24.3 Å². The molecule has 5 nitrogen and oxygen atoms in total. The first kappa shape index (κ1) is 13.0. The van der Waals surface area contributed by atoms with Crippen molar-refractivity contribution in [2.75, 3.05) is 0 Å². The maximum atomic E-state index is 12.2. The SMILES string of the molecule is O=C(O)CC(NC(=O)C1Cc2ccccc2O1)C1CC1. The summed E-state index contributed by atoms with van der Waals surface area (Å²) >= 11 is 0. The number of aliphatic carboxylic acids is 1. The Balaban J connectivity index is 1.61. The molecule has 1 aromatic carbocycles. The summed E-state index contributed by atoms with van der Waals surface area (Å²) in [6.07, 6.45) is 1.97. The Kier molecular flexibility index (Phi) is 3.34. The van der Waals surface area contributed by atoms with E-state index in [0.717, 1.165) is 24.2 Å². The van der Waals surface area contributed by atoms with Gasteiger partial charge in [-0.25, -0.2) is 0 Å². The molecule has 1 amide bonds. The van der Waals surface area contributed by atoms with Gasteiger partial charge >= 0.3 is 5.97 Å². The zero-order valence-electron chi connectivity index (χ0n) is 11.0. The molecule has 2 atom stereocenters. The molecule has 5 heteroatoms. The molecular weight excluding hydrogens is 258 g/mol. The predicted octanol–water partition coefficient (Wildman–Crippen LogP) is 1.36. The summed E-state index contributed by atoms with van der Waals surface area (Å²) in [7, 11) is 0. The van der Waals surface area contributed by atoms with Crippen LogP contribution in [0.25, 0.3) is 0 Å². The van der Waals surface area contributed by atoms with Gasteiger partial charge in [0.25, 0.3) is 5.91 Å². The monoisotopic (exact) mass is 275 g/mol. The minimum atomic E-state index is -0.877. The Morgan fingerprint density at radius 3 is 2.75 bits per heavy atom. The molecular formula is C15H17NO4. The van der Waals surface area contributed by atoms with Gasteiger partial charge in [0.15, 0.2) is 6.10 Å². The lowest BCUT2D eigenvalue weighted by Crippen LogP contribution is -2.45. The second kappa shape index (κ2) is 5.15. The number of nitrogens with one attached hydrogen (secondary N) is 1. The van der Waals surface area contributed by atoms with E-state index in [1.807, 2.05) is 24.3 Å². The number of hydrogen-bond donors (Lipinski definition) is 2. The van der Waals surface area contributed by atoms with Crippen molar-refractivity contribution in [3.05, 3.63) is 29.8 Å². The quantitative estimate of drug-likeness (QED) is 0.850. The Hall–Kier alpha value is -2.04. The Labute approximate surface area is 116 Å². The molecule has 2 aliphatic rings. The van der Waals surface area contributed by atoms with Crippen LogP contribution in [0.4, 0.5) is 0 Å². The molecule has 1 aliphatic carbocycles. The lowest BCUT2D eigenvalue weighted by atomic mass is 10.1. The van der Waals surface area contributed by atoms with Crippen LogP contribution >= 0.6 is 0 Å². The topological polar surface area (TPSA) is 75.6 Å². The van der Waals surface area contributed by atoms with Crippen molar-refractivity contribution in [3.8, 4) is 5.75 Å². The van der Waals surface area contributed by atoms with Crippen LogP contribution in [0, 0.1) is 5.92 Å². The number of carboxylic acid groups (broad SMARTS) is 1.